The van der Waals surface area contributed by atoms with Crippen molar-refractivity contribution in [1.29, 1.82) is 0 Å². The lowest BCUT2D eigenvalue weighted by molar-refractivity contribution is 0.281. The average molecular weight is 265 g/mol. The van der Waals surface area contributed by atoms with Gasteiger partial charge in [0.15, 0.2) is 11.5 Å². The number of hydrogen-bond acceptors (Lipinski definition) is 6. The molecule has 0 atom stereocenters. The molecule has 0 fully saturated rings. The number of anilines is 1. The average Bonchev–Trinajstić information content (AvgIpc) is 2.84. The Morgan fingerprint density at radius 1 is 1.33 bits per heavy atom. The fourth-order valence-corrected chi connectivity index (χ4v) is 2.05. The van der Waals surface area contributed by atoms with E-state index in [1.807, 2.05) is 32.2 Å². The Morgan fingerprint density at radius 3 is 2.89 bits per heavy atom. The molecule has 18 heavy (non-hydrogen) atoms. The molecular formula is C12H15N3O2S. The van der Waals surface area contributed by atoms with E-state index in [-0.39, 0.29) is 0 Å². The van der Waals surface area contributed by atoms with Crippen LogP contribution >= 0.6 is 11.5 Å². The number of aryl methyl sites for hydroxylation is 1. The summed E-state index contributed by atoms with van der Waals surface area (Å²) in [6.45, 7) is 2.38. The van der Waals surface area contributed by atoms with E-state index in [0.29, 0.717) is 12.4 Å². The van der Waals surface area contributed by atoms with Crippen LogP contribution in [0.1, 0.15) is 11.3 Å². The molecule has 0 aliphatic rings. The smallest absolute Gasteiger partial charge is 0.161 e. The van der Waals surface area contributed by atoms with Gasteiger partial charge >= 0.3 is 0 Å². The Morgan fingerprint density at radius 2 is 2.17 bits per heavy atom. The maximum absolute atomic E-state index is 5.71. The van der Waals surface area contributed by atoms with Crippen LogP contribution in [-0.2, 0) is 6.61 Å². The van der Waals surface area contributed by atoms with Gasteiger partial charge in [0, 0.05) is 18.6 Å². The molecule has 0 unspecified atom stereocenters. The minimum atomic E-state index is 0.367. The van der Waals surface area contributed by atoms with Crippen LogP contribution in [0.4, 0.5) is 5.00 Å². The highest BCUT2D eigenvalue weighted by Gasteiger charge is 2.09. The van der Waals surface area contributed by atoms with Crippen molar-refractivity contribution in [1.82, 2.24) is 9.59 Å². The van der Waals surface area contributed by atoms with Crippen molar-refractivity contribution in [3.05, 3.63) is 29.5 Å². The normalized spacial score (nSPS) is 10.2. The summed E-state index contributed by atoms with van der Waals surface area (Å²) in [7, 11) is 3.47. The predicted octanol–water partition coefficient (Wildman–Crippen LogP) is 2.48. The van der Waals surface area contributed by atoms with Gasteiger partial charge < -0.3 is 14.8 Å². The molecule has 1 aromatic heterocycles. The lowest BCUT2D eigenvalue weighted by Crippen LogP contribution is -2.01. The maximum Gasteiger partial charge on any atom is 0.161 e. The van der Waals surface area contributed by atoms with E-state index in [2.05, 4.69) is 14.9 Å². The van der Waals surface area contributed by atoms with Crippen LogP contribution in [0.5, 0.6) is 11.5 Å². The van der Waals surface area contributed by atoms with Crippen LogP contribution in [-0.4, -0.2) is 23.7 Å². The number of methoxy groups -OCH3 is 1. The van der Waals surface area contributed by atoms with E-state index in [4.69, 9.17) is 9.47 Å². The molecule has 1 aromatic carbocycles. The van der Waals surface area contributed by atoms with Crippen LogP contribution in [0.25, 0.3) is 0 Å². The molecular weight excluding hydrogens is 250 g/mol. The molecule has 6 heteroatoms. The number of aromatic nitrogens is 2. The summed E-state index contributed by atoms with van der Waals surface area (Å²) >= 11 is 1.31. The van der Waals surface area contributed by atoms with E-state index in [9.17, 15) is 0 Å². The largest absolute Gasteiger partial charge is 0.493 e. The van der Waals surface area contributed by atoms with E-state index < -0.39 is 0 Å². The van der Waals surface area contributed by atoms with Gasteiger partial charge in [0.25, 0.3) is 0 Å². The molecule has 5 nitrogen and oxygen atoms in total. The summed E-state index contributed by atoms with van der Waals surface area (Å²) in [5.74, 6) is 1.43. The highest BCUT2D eigenvalue weighted by molar-refractivity contribution is 7.10. The second kappa shape index (κ2) is 5.68. The molecule has 2 rings (SSSR count). The summed E-state index contributed by atoms with van der Waals surface area (Å²) in [6.07, 6.45) is 0. The van der Waals surface area contributed by atoms with Crippen LogP contribution in [0.2, 0.25) is 0 Å². The van der Waals surface area contributed by atoms with Crippen molar-refractivity contribution in [2.45, 2.75) is 13.5 Å². The molecule has 0 amide bonds. The van der Waals surface area contributed by atoms with Gasteiger partial charge in [0.05, 0.1) is 7.11 Å². The first-order chi connectivity index (χ1) is 8.74. The number of rotatable bonds is 5. The molecule has 0 saturated heterocycles. The minimum absolute atomic E-state index is 0.367. The summed E-state index contributed by atoms with van der Waals surface area (Å²) < 4.78 is 14.9. The van der Waals surface area contributed by atoms with E-state index >= 15 is 0 Å². The predicted molar refractivity (Wildman–Crippen MR) is 71.5 cm³/mol. The fourth-order valence-electron chi connectivity index (χ4n) is 1.53. The molecule has 96 valence electrons. The van der Waals surface area contributed by atoms with Crippen molar-refractivity contribution in [3.8, 4) is 11.5 Å². The van der Waals surface area contributed by atoms with Gasteiger partial charge in [-0.1, -0.05) is 10.6 Å². The zero-order chi connectivity index (χ0) is 13.0. The monoisotopic (exact) mass is 265 g/mol. The molecule has 0 aliphatic carbocycles. The van der Waals surface area contributed by atoms with Crippen LogP contribution in [0.3, 0.4) is 0 Å². The van der Waals surface area contributed by atoms with Crippen molar-refractivity contribution >= 4 is 16.5 Å². The van der Waals surface area contributed by atoms with Gasteiger partial charge in [-0.2, -0.15) is 0 Å². The molecule has 0 spiro atoms. The standard InChI is InChI=1S/C12H15N3O2S/c1-8-4-5-10(11(6-8)16-3)17-7-9-12(13-2)18-15-14-9/h4-6,13H,7H2,1-3H3. The van der Waals surface area contributed by atoms with Crippen LogP contribution in [0.15, 0.2) is 18.2 Å². The minimum Gasteiger partial charge on any atom is -0.493 e. The Hall–Kier alpha value is -1.82. The summed E-state index contributed by atoms with van der Waals surface area (Å²) in [4.78, 5) is 0. The number of hydrogen-bond donors (Lipinski definition) is 1. The molecule has 1 N–H and O–H groups in total. The first-order valence-corrected chi connectivity index (χ1v) is 6.28. The van der Waals surface area contributed by atoms with Crippen molar-refractivity contribution in [2.24, 2.45) is 0 Å². The fraction of sp³-hybridized carbons (Fsp3) is 0.333. The molecule has 2 aromatic rings. The number of nitrogens with one attached hydrogen (secondary N) is 1. The summed E-state index contributed by atoms with van der Waals surface area (Å²) in [6, 6.07) is 5.82. The highest BCUT2D eigenvalue weighted by Crippen LogP contribution is 2.29. The Bertz CT molecular complexity index is 528. The van der Waals surface area contributed by atoms with Gasteiger partial charge in [0.2, 0.25) is 0 Å². The maximum atomic E-state index is 5.71. The molecule has 0 aliphatic heterocycles. The summed E-state index contributed by atoms with van der Waals surface area (Å²) in [5.41, 5.74) is 1.93. The Kier molecular flexibility index (Phi) is 3.99. The van der Waals surface area contributed by atoms with Crippen LogP contribution in [0, 0.1) is 6.92 Å². The quantitative estimate of drug-likeness (QED) is 0.900. The topological polar surface area (TPSA) is 56.3 Å². The van der Waals surface area contributed by atoms with E-state index in [1.54, 1.807) is 7.11 Å². The number of ether oxygens (including phenoxy) is 2. The third-order valence-electron chi connectivity index (χ3n) is 2.47. The molecule has 0 radical (unpaired) electrons. The third-order valence-corrected chi connectivity index (χ3v) is 3.25. The molecule has 0 bridgehead atoms. The van der Waals surface area contributed by atoms with Gasteiger partial charge in [0.1, 0.15) is 17.3 Å². The van der Waals surface area contributed by atoms with Gasteiger partial charge in [-0.15, -0.1) is 5.10 Å². The Balaban J connectivity index is 2.10. The second-order valence-electron chi connectivity index (χ2n) is 3.74. The third kappa shape index (κ3) is 2.70. The zero-order valence-corrected chi connectivity index (χ0v) is 11.4. The van der Waals surface area contributed by atoms with Crippen LogP contribution < -0.4 is 14.8 Å². The van der Waals surface area contributed by atoms with Gasteiger partial charge in [-0.05, 0) is 24.6 Å². The first-order valence-electron chi connectivity index (χ1n) is 5.51. The van der Waals surface area contributed by atoms with Crippen molar-refractivity contribution < 1.29 is 9.47 Å². The number of nitrogens with zero attached hydrogens (tertiary/aromatic N) is 2. The van der Waals surface area contributed by atoms with Gasteiger partial charge in [-0.3, -0.25) is 0 Å². The van der Waals surface area contributed by atoms with Gasteiger partial charge in [-0.25, -0.2) is 0 Å². The van der Waals surface area contributed by atoms with Crippen molar-refractivity contribution in [3.63, 3.8) is 0 Å². The highest BCUT2D eigenvalue weighted by atomic mass is 32.1. The lowest BCUT2D eigenvalue weighted by Gasteiger charge is -2.10. The second-order valence-corrected chi connectivity index (χ2v) is 4.50. The first kappa shape index (κ1) is 12.6. The lowest BCUT2D eigenvalue weighted by atomic mass is 10.2. The van der Waals surface area contributed by atoms with E-state index in [1.165, 1.54) is 11.5 Å². The molecule has 0 saturated carbocycles. The van der Waals surface area contributed by atoms with Crippen molar-refractivity contribution in [2.75, 3.05) is 19.5 Å². The summed E-state index contributed by atoms with van der Waals surface area (Å²) in [5, 5.41) is 7.96. The Labute approximate surface area is 110 Å². The molecule has 1 heterocycles. The zero-order valence-electron chi connectivity index (χ0n) is 10.6. The number of benzene rings is 1. The SMILES string of the molecule is CNc1snnc1COc1ccc(C)cc1OC. The van der Waals surface area contributed by atoms with E-state index in [0.717, 1.165) is 22.0 Å².